The van der Waals surface area contributed by atoms with Crippen molar-refractivity contribution in [3.8, 4) is 0 Å². The van der Waals surface area contributed by atoms with Crippen LogP contribution in [-0.2, 0) is 4.79 Å². The number of aromatic amines is 1. The maximum absolute atomic E-state index is 12.2. The first-order valence-electron chi connectivity index (χ1n) is 7.10. The van der Waals surface area contributed by atoms with Crippen molar-refractivity contribution in [3.63, 3.8) is 0 Å². The number of aliphatic hydroxyl groups is 1. The number of carbonyl (C=O) groups is 2. The molecule has 0 radical (unpaired) electrons. The zero-order valence-corrected chi connectivity index (χ0v) is 12.4. The minimum atomic E-state index is -1.15. The van der Waals surface area contributed by atoms with E-state index in [2.05, 4.69) is 30.6 Å². The molecule has 2 amide bonds. The van der Waals surface area contributed by atoms with Crippen molar-refractivity contribution in [2.75, 3.05) is 11.9 Å². The molecule has 3 rings (SSSR count). The average molecular weight is 326 g/mol. The largest absolute Gasteiger partial charge is 0.394 e. The number of para-hydroxylation sites is 2. The van der Waals surface area contributed by atoms with Gasteiger partial charge in [0.2, 0.25) is 5.95 Å². The predicted molar refractivity (Wildman–Crippen MR) is 85.1 cm³/mol. The van der Waals surface area contributed by atoms with Gasteiger partial charge >= 0.3 is 0 Å². The number of nitrogens with zero attached hydrogens (tertiary/aromatic N) is 3. The molecule has 0 aliphatic rings. The number of anilines is 1. The Balaban J connectivity index is 1.68. The lowest BCUT2D eigenvalue weighted by molar-refractivity contribution is -0.118. The van der Waals surface area contributed by atoms with E-state index in [0.717, 1.165) is 5.52 Å². The lowest BCUT2D eigenvalue weighted by Crippen LogP contribution is -2.46. The quantitative estimate of drug-likeness (QED) is 0.525. The van der Waals surface area contributed by atoms with Crippen LogP contribution in [-0.4, -0.2) is 49.5 Å². The smallest absolute Gasteiger partial charge is 0.272 e. The van der Waals surface area contributed by atoms with Crippen molar-refractivity contribution < 1.29 is 14.7 Å². The summed E-state index contributed by atoms with van der Waals surface area (Å²) in [5, 5.41) is 14.3. The summed E-state index contributed by atoms with van der Waals surface area (Å²) in [4.78, 5) is 38.9. The molecule has 2 heterocycles. The van der Waals surface area contributed by atoms with Gasteiger partial charge in [-0.1, -0.05) is 12.1 Å². The van der Waals surface area contributed by atoms with Gasteiger partial charge in [0.25, 0.3) is 11.8 Å². The number of carbonyl (C=O) groups excluding carboxylic acids is 2. The Morgan fingerprint density at radius 1 is 1.25 bits per heavy atom. The van der Waals surface area contributed by atoms with Crippen LogP contribution in [0.15, 0.2) is 42.9 Å². The first-order valence-corrected chi connectivity index (χ1v) is 7.10. The normalized spacial score (nSPS) is 11.9. The lowest BCUT2D eigenvalue weighted by atomic mass is 10.2. The van der Waals surface area contributed by atoms with Gasteiger partial charge in [0.05, 0.1) is 23.8 Å². The molecule has 1 unspecified atom stereocenters. The van der Waals surface area contributed by atoms with Gasteiger partial charge in [-0.05, 0) is 12.1 Å². The molecule has 1 aromatic carbocycles. The van der Waals surface area contributed by atoms with E-state index < -0.39 is 24.5 Å². The summed E-state index contributed by atoms with van der Waals surface area (Å²) in [6.45, 7) is -0.571. The van der Waals surface area contributed by atoms with Crippen LogP contribution in [0, 0.1) is 0 Å². The molecule has 0 aliphatic carbocycles. The highest BCUT2D eigenvalue weighted by molar-refractivity contribution is 6.00. The van der Waals surface area contributed by atoms with E-state index in [1.54, 1.807) is 6.07 Å². The fourth-order valence-corrected chi connectivity index (χ4v) is 2.06. The molecule has 24 heavy (non-hydrogen) atoms. The molecule has 3 aromatic rings. The Labute approximate surface area is 136 Å². The molecule has 0 saturated carbocycles. The summed E-state index contributed by atoms with van der Waals surface area (Å²) in [7, 11) is 0. The predicted octanol–water partition coefficient (Wildman–Crippen LogP) is 0.0823. The van der Waals surface area contributed by atoms with Gasteiger partial charge < -0.3 is 15.4 Å². The van der Waals surface area contributed by atoms with E-state index in [-0.39, 0.29) is 11.6 Å². The molecule has 1 atom stereocenters. The van der Waals surface area contributed by atoms with Crippen LogP contribution in [0.25, 0.3) is 11.0 Å². The van der Waals surface area contributed by atoms with Crippen LogP contribution in [0.4, 0.5) is 5.95 Å². The van der Waals surface area contributed by atoms with Crippen molar-refractivity contribution in [2.24, 2.45) is 0 Å². The highest BCUT2D eigenvalue weighted by Gasteiger charge is 2.22. The molecule has 4 N–H and O–H groups in total. The maximum Gasteiger partial charge on any atom is 0.272 e. The average Bonchev–Trinajstić information content (AvgIpc) is 3.02. The Hall–Kier alpha value is -3.33. The first-order chi connectivity index (χ1) is 11.7. The van der Waals surface area contributed by atoms with E-state index in [0.29, 0.717) is 5.52 Å². The third kappa shape index (κ3) is 3.36. The molecule has 0 fully saturated rings. The molecule has 9 nitrogen and oxygen atoms in total. The van der Waals surface area contributed by atoms with E-state index in [1.807, 2.05) is 18.2 Å². The zero-order chi connectivity index (χ0) is 16.9. The Morgan fingerprint density at radius 3 is 2.79 bits per heavy atom. The molecule has 0 bridgehead atoms. The highest BCUT2D eigenvalue weighted by atomic mass is 16.3. The zero-order valence-electron chi connectivity index (χ0n) is 12.4. The summed E-state index contributed by atoms with van der Waals surface area (Å²) in [6, 6.07) is 6.13. The van der Waals surface area contributed by atoms with Gasteiger partial charge in [0.1, 0.15) is 11.7 Å². The number of aromatic nitrogens is 4. The summed E-state index contributed by atoms with van der Waals surface area (Å²) < 4.78 is 0. The number of rotatable bonds is 5. The van der Waals surface area contributed by atoms with Crippen LogP contribution in [0.5, 0.6) is 0 Å². The number of amides is 2. The van der Waals surface area contributed by atoms with Gasteiger partial charge in [-0.25, -0.2) is 9.97 Å². The van der Waals surface area contributed by atoms with Gasteiger partial charge in [0, 0.05) is 12.4 Å². The van der Waals surface area contributed by atoms with Gasteiger partial charge in [0.15, 0.2) is 0 Å². The van der Waals surface area contributed by atoms with Gasteiger partial charge in [-0.2, -0.15) is 0 Å². The van der Waals surface area contributed by atoms with Crippen LogP contribution in [0.1, 0.15) is 10.5 Å². The molecular weight excluding hydrogens is 312 g/mol. The van der Waals surface area contributed by atoms with E-state index in [4.69, 9.17) is 0 Å². The minimum absolute atomic E-state index is 0.0486. The number of imidazole rings is 1. The monoisotopic (exact) mass is 326 g/mol. The Morgan fingerprint density at radius 2 is 2.08 bits per heavy atom. The second-order valence-electron chi connectivity index (χ2n) is 4.89. The maximum atomic E-state index is 12.2. The second-order valence-corrected chi connectivity index (χ2v) is 4.89. The third-order valence-corrected chi connectivity index (χ3v) is 3.23. The molecule has 0 saturated heterocycles. The Bertz CT molecular complexity index is 831. The SMILES string of the molecule is O=C(NC(CO)C(=O)Nc1nc2ccccc2[nH]1)c1cnccn1. The number of H-pyrrole nitrogens is 1. The summed E-state index contributed by atoms with van der Waals surface area (Å²) in [6.07, 6.45) is 4.05. The van der Waals surface area contributed by atoms with Crippen LogP contribution >= 0.6 is 0 Å². The molecule has 0 spiro atoms. The molecular formula is C15H14N6O3. The topological polar surface area (TPSA) is 133 Å². The van der Waals surface area contributed by atoms with Crippen LogP contribution in [0.3, 0.4) is 0 Å². The standard InChI is InChI=1S/C15H14N6O3/c22-8-12(18-13(23)11-7-16-5-6-17-11)14(24)21-15-19-9-3-1-2-4-10(9)20-15/h1-7,12,22H,8H2,(H,18,23)(H2,19,20,21,24). The fourth-order valence-electron chi connectivity index (χ4n) is 2.06. The van der Waals surface area contributed by atoms with Crippen molar-refractivity contribution in [2.45, 2.75) is 6.04 Å². The number of hydrogen-bond acceptors (Lipinski definition) is 6. The van der Waals surface area contributed by atoms with Crippen molar-refractivity contribution in [1.82, 2.24) is 25.3 Å². The second kappa shape index (κ2) is 6.84. The van der Waals surface area contributed by atoms with E-state index in [9.17, 15) is 14.7 Å². The summed E-state index contributed by atoms with van der Waals surface area (Å²) in [5.41, 5.74) is 1.50. The molecule has 122 valence electrons. The molecule has 2 aromatic heterocycles. The summed E-state index contributed by atoms with van der Waals surface area (Å²) in [5.74, 6) is -0.982. The van der Waals surface area contributed by atoms with Gasteiger partial charge in [-0.15, -0.1) is 0 Å². The lowest BCUT2D eigenvalue weighted by Gasteiger charge is -2.14. The third-order valence-electron chi connectivity index (χ3n) is 3.23. The first kappa shape index (κ1) is 15.6. The number of hydrogen-bond donors (Lipinski definition) is 4. The highest BCUT2D eigenvalue weighted by Crippen LogP contribution is 2.13. The Kier molecular flexibility index (Phi) is 4.43. The van der Waals surface area contributed by atoms with Gasteiger partial charge in [-0.3, -0.25) is 19.9 Å². The summed E-state index contributed by atoms with van der Waals surface area (Å²) >= 11 is 0. The number of nitrogens with one attached hydrogen (secondary N) is 3. The molecule has 0 aliphatic heterocycles. The van der Waals surface area contributed by atoms with E-state index in [1.165, 1.54) is 18.6 Å². The van der Waals surface area contributed by atoms with Crippen molar-refractivity contribution in [3.05, 3.63) is 48.5 Å². The van der Waals surface area contributed by atoms with Crippen LogP contribution < -0.4 is 10.6 Å². The van der Waals surface area contributed by atoms with Crippen molar-refractivity contribution >= 4 is 28.8 Å². The van der Waals surface area contributed by atoms with Crippen LogP contribution in [0.2, 0.25) is 0 Å². The number of aliphatic hydroxyl groups excluding tert-OH is 1. The van der Waals surface area contributed by atoms with Crippen molar-refractivity contribution in [1.29, 1.82) is 0 Å². The molecule has 9 heteroatoms. The minimum Gasteiger partial charge on any atom is -0.394 e. The van der Waals surface area contributed by atoms with E-state index >= 15 is 0 Å². The fraction of sp³-hybridized carbons (Fsp3) is 0.133. The number of fused-ring (bicyclic) bond motifs is 1. The number of benzene rings is 1.